The van der Waals surface area contributed by atoms with Gasteiger partial charge in [0, 0.05) is 19.3 Å². The molecule has 0 aromatic heterocycles. The number of carbonyl (C=O) groups excluding carboxylic acids is 2. The van der Waals surface area contributed by atoms with Crippen LogP contribution in [0.2, 0.25) is 0 Å². The maximum atomic E-state index is 12.5. The Bertz CT molecular complexity index is 864. The number of rotatable bonds is 35. The summed E-state index contributed by atoms with van der Waals surface area (Å²) >= 11 is 0. The van der Waals surface area contributed by atoms with E-state index in [9.17, 15) is 19.5 Å². The molecule has 0 aromatic carbocycles. The second kappa shape index (κ2) is 33.0. The van der Waals surface area contributed by atoms with Crippen LogP contribution in [0.25, 0.3) is 0 Å². The van der Waals surface area contributed by atoms with E-state index < -0.39 is 18.1 Å². The number of esters is 2. The van der Waals surface area contributed by atoms with Crippen molar-refractivity contribution < 1.29 is 38.2 Å². The molecule has 2 atom stereocenters. The number of carbonyl (C=O) groups is 3. The Labute approximate surface area is 301 Å². The average molecular weight is 695 g/mol. The molecular weight excluding hydrogens is 618 g/mol. The van der Waals surface area contributed by atoms with Gasteiger partial charge in [-0.15, -0.1) is 0 Å². The lowest BCUT2D eigenvalue weighted by atomic mass is 10.1. The van der Waals surface area contributed by atoms with Gasteiger partial charge in [0.2, 0.25) is 0 Å². The number of unbranched alkanes of at least 4 members (excludes halogenated alkanes) is 17. The monoisotopic (exact) mass is 695 g/mol. The van der Waals surface area contributed by atoms with E-state index in [0.717, 1.165) is 32.1 Å². The predicted octanol–water partition coefficient (Wildman–Crippen LogP) is 10.1. The Morgan fingerprint density at radius 2 is 1.06 bits per heavy atom. The van der Waals surface area contributed by atoms with Crippen molar-refractivity contribution in [3.8, 4) is 0 Å². The fourth-order valence-electron chi connectivity index (χ4n) is 5.69. The van der Waals surface area contributed by atoms with Crippen molar-refractivity contribution in [1.29, 1.82) is 0 Å². The van der Waals surface area contributed by atoms with Crippen LogP contribution in [0.4, 0.5) is 0 Å². The lowest BCUT2D eigenvalue weighted by Gasteiger charge is -2.31. The normalized spacial score (nSPS) is 13.2. The van der Waals surface area contributed by atoms with Crippen molar-refractivity contribution in [3.05, 3.63) is 24.3 Å². The first-order valence-corrected chi connectivity index (χ1v) is 19.9. The highest BCUT2D eigenvalue weighted by Gasteiger charge is 2.31. The summed E-state index contributed by atoms with van der Waals surface area (Å²) in [4.78, 5) is 36.7. The van der Waals surface area contributed by atoms with Crippen LogP contribution in [0.1, 0.15) is 168 Å². The molecule has 0 heterocycles. The van der Waals surface area contributed by atoms with Gasteiger partial charge in [-0.25, -0.2) is 4.79 Å². The molecule has 1 N–H and O–H groups in total. The van der Waals surface area contributed by atoms with Gasteiger partial charge in [-0.1, -0.05) is 122 Å². The third-order valence-corrected chi connectivity index (χ3v) is 8.84. The molecule has 0 aromatic rings. The fraction of sp³-hybridized carbons (Fsp3) is 0.829. The number of likely N-dealkylation sites (N-methyl/N-ethyl adjacent to an activating group) is 1. The molecule has 0 aliphatic heterocycles. The van der Waals surface area contributed by atoms with Crippen molar-refractivity contribution in [2.45, 2.75) is 180 Å². The van der Waals surface area contributed by atoms with Gasteiger partial charge in [-0.05, 0) is 51.4 Å². The Kier molecular flexibility index (Phi) is 31.5. The molecule has 0 radical (unpaired) electrons. The number of hydrogen-bond acceptors (Lipinski definition) is 6. The molecule has 0 aliphatic rings. The van der Waals surface area contributed by atoms with Gasteiger partial charge in [0.25, 0.3) is 0 Å². The number of carboxylic acids is 1. The summed E-state index contributed by atoms with van der Waals surface area (Å²) in [6.07, 6.45) is 33.9. The van der Waals surface area contributed by atoms with Gasteiger partial charge in [0.05, 0.1) is 34.4 Å². The lowest BCUT2D eigenvalue weighted by molar-refractivity contribution is -0.887. The van der Waals surface area contributed by atoms with E-state index in [0.29, 0.717) is 19.3 Å². The van der Waals surface area contributed by atoms with Gasteiger partial charge in [-0.2, -0.15) is 0 Å². The van der Waals surface area contributed by atoms with Crippen LogP contribution in [0, 0.1) is 0 Å². The first-order valence-electron chi connectivity index (χ1n) is 19.9. The molecule has 49 heavy (non-hydrogen) atoms. The zero-order chi connectivity index (χ0) is 36.4. The third-order valence-electron chi connectivity index (χ3n) is 8.84. The minimum absolute atomic E-state index is 0.0463. The van der Waals surface area contributed by atoms with Gasteiger partial charge in [-0.3, -0.25) is 9.59 Å². The van der Waals surface area contributed by atoms with E-state index in [1.807, 2.05) is 27.2 Å². The molecule has 0 fully saturated rings. The zero-order valence-electron chi connectivity index (χ0n) is 32.4. The van der Waals surface area contributed by atoms with Gasteiger partial charge < -0.3 is 23.8 Å². The highest BCUT2D eigenvalue weighted by atomic mass is 16.6. The molecule has 8 nitrogen and oxygen atoms in total. The Morgan fingerprint density at radius 3 is 1.57 bits per heavy atom. The number of nitrogens with zero attached hydrogens (tertiary/aromatic N) is 1. The van der Waals surface area contributed by atoms with Gasteiger partial charge in [0.1, 0.15) is 6.61 Å². The van der Waals surface area contributed by atoms with Crippen molar-refractivity contribution in [2.24, 2.45) is 0 Å². The molecule has 2 unspecified atom stereocenters. The van der Waals surface area contributed by atoms with Crippen LogP contribution in [0.3, 0.4) is 0 Å². The predicted molar refractivity (Wildman–Crippen MR) is 202 cm³/mol. The van der Waals surface area contributed by atoms with E-state index in [1.54, 1.807) is 0 Å². The lowest BCUT2D eigenvalue weighted by Crippen LogP contribution is -2.50. The summed E-state index contributed by atoms with van der Waals surface area (Å²) in [6.45, 7) is 4.63. The number of hydrogen-bond donors (Lipinski definition) is 1. The van der Waals surface area contributed by atoms with E-state index >= 15 is 0 Å². The van der Waals surface area contributed by atoms with E-state index in [2.05, 4.69) is 32.1 Å². The molecular formula is C41H76NO7+. The Morgan fingerprint density at radius 1 is 0.592 bits per heavy atom. The van der Waals surface area contributed by atoms with Crippen molar-refractivity contribution in [2.75, 3.05) is 41.0 Å². The first kappa shape index (κ1) is 46.8. The van der Waals surface area contributed by atoms with E-state index in [-0.39, 0.29) is 42.7 Å². The molecule has 0 spiro atoms. The molecule has 0 bridgehead atoms. The second-order valence-corrected chi connectivity index (χ2v) is 14.5. The van der Waals surface area contributed by atoms with Crippen LogP contribution >= 0.6 is 0 Å². The molecule has 0 aliphatic carbocycles. The summed E-state index contributed by atoms with van der Waals surface area (Å²) in [5.74, 6) is -1.54. The van der Waals surface area contributed by atoms with Crippen molar-refractivity contribution in [3.63, 3.8) is 0 Å². The highest BCUT2D eigenvalue weighted by molar-refractivity contribution is 5.72. The summed E-state index contributed by atoms with van der Waals surface area (Å²) in [5, 5.41) is 9.57. The Hall–Kier alpha value is -2.19. The van der Waals surface area contributed by atoms with Gasteiger partial charge >= 0.3 is 17.9 Å². The maximum absolute atomic E-state index is 12.5. The van der Waals surface area contributed by atoms with E-state index in [1.165, 1.54) is 96.3 Å². The topological polar surface area (TPSA) is 99.1 Å². The minimum atomic E-state index is -0.881. The van der Waals surface area contributed by atoms with Crippen LogP contribution in [-0.4, -0.2) is 80.6 Å². The van der Waals surface area contributed by atoms with E-state index in [4.69, 9.17) is 14.2 Å². The zero-order valence-corrected chi connectivity index (χ0v) is 32.4. The quantitative estimate of drug-likeness (QED) is 0.0305. The standard InChI is InChI=1S/C41H75NO7/c1-6-8-10-12-14-16-17-18-19-20-21-22-23-24-26-27-29-31-39(43)48-36-37(35-47-34-33-38(41(45)46)42(3,4)5)49-40(44)32-30-28-25-15-13-11-9-7-2/h18-19,25,28,37-38H,6-17,20-24,26-27,29-36H2,1-5H3/p+1/b19-18+,28-25+. The van der Waals surface area contributed by atoms with Crippen LogP contribution < -0.4 is 0 Å². The summed E-state index contributed by atoms with van der Waals surface area (Å²) in [5.41, 5.74) is 0. The average Bonchev–Trinajstić information content (AvgIpc) is 3.05. The number of carboxylic acid groups (broad SMARTS) is 1. The van der Waals surface area contributed by atoms with Crippen LogP contribution in [-0.2, 0) is 28.6 Å². The maximum Gasteiger partial charge on any atom is 0.362 e. The molecule has 0 rings (SSSR count). The number of aliphatic carboxylic acids is 1. The van der Waals surface area contributed by atoms with Crippen molar-refractivity contribution in [1.82, 2.24) is 0 Å². The SMILES string of the molecule is CCCCCC/C=C/CCC(=O)OC(COCCC(C(=O)O)[N+](C)(C)C)COC(=O)CCCCCCCCC/C=C/CCCCCCCC. The summed E-state index contributed by atoms with van der Waals surface area (Å²) in [7, 11) is 5.50. The van der Waals surface area contributed by atoms with Crippen molar-refractivity contribution >= 4 is 17.9 Å². The fourth-order valence-corrected chi connectivity index (χ4v) is 5.69. The number of ether oxygens (including phenoxy) is 3. The van der Waals surface area contributed by atoms with Crippen LogP contribution in [0.5, 0.6) is 0 Å². The number of allylic oxidation sites excluding steroid dienone is 4. The van der Waals surface area contributed by atoms with Crippen LogP contribution in [0.15, 0.2) is 24.3 Å². The number of quaternary nitrogens is 1. The molecule has 0 amide bonds. The molecule has 286 valence electrons. The molecule has 8 heteroatoms. The summed E-state index contributed by atoms with van der Waals surface area (Å²) in [6, 6.07) is -0.616. The third kappa shape index (κ3) is 31.5. The second-order valence-electron chi connectivity index (χ2n) is 14.5. The first-order chi connectivity index (χ1) is 23.6. The minimum Gasteiger partial charge on any atom is -0.477 e. The summed E-state index contributed by atoms with van der Waals surface area (Å²) < 4.78 is 17.1. The largest absolute Gasteiger partial charge is 0.477 e. The molecule has 0 saturated carbocycles. The Balaban J connectivity index is 4.32. The van der Waals surface area contributed by atoms with Gasteiger partial charge in [0.15, 0.2) is 12.1 Å². The smallest absolute Gasteiger partial charge is 0.362 e. The molecule has 0 saturated heterocycles. The highest BCUT2D eigenvalue weighted by Crippen LogP contribution is 2.13.